The summed E-state index contributed by atoms with van der Waals surface area (Å²) >= 11 is 5.81. The first-order valence-corrected chi connectivity index (χ1v) is 12.5. The minimum Gasteiger partial charge on any atom is -0.454 e. The number of halogens is 7. The fraction of sp³-hybridized carbons (Fsp3) is 0.333. The van der Waals surface area contributed by atoms with Crippen LogP contribution in [0.1, 0.15) is 28.8 Å². The Hall–Kier alpha value is -4.41. The van der Waals surface area contributed by atoms with E-state index in [2.05, 4.69) is 30.3 Å². The molecule has 2 heterocycles. The first-order chi connectivity index (χ1) is 19.7. The average Bonchev–Trinajstić information content (AvgIpc) is 2.91. The van der Waals surface area contributed by atoms with Crippen LogP contribution >= 0.6 is 11.6 Å². The maximum atomic E-state index is 13.1. The molecule has 1 aromatic heterocycles. The molecule has 1 aliphatic heterocycles. The molecule has 1 amide bonds. The van der Waals surface area contributed by atoms with E-state index in [0.717, 1.165) is 24.3 Å². The highest BCUT2D eigenvalue weighted by Crippen LogP contribution is 2.32. The van der Waals surface area contributed by atoms with Crippen LogP contribution in [0.2, 0.25) is 5.02 Å². The molecule has 0 saturated carbocycles. The van der Waals surface area contributed by atoms with Crippen molar-refractivity contribution < 1.29 is 40.8 Å². The van der Waals surface area contributed by atoms with E-state index < -0.39 is 47.1 Å². The van der Waals surface area contributed by atoms with Crippen LogP contribution in [0.5, 0.6) is 6.01 Å². The number of carbonyl (C=O) groups excluding carboxylic acids is 1. The standard InChI is InChI=1S/C24H20ClF6N7O4/c25-17-5-4-13(10-18(17)38(40)41)19(39)37-8-6-15(7-9-37)32-20-34-21(36-22(35-20)42-12-23(26,27)28)33-16-3-1-2-14(11-16)24(29,30)31/h1-5,10-11,15H,6-9,12H2,(H2,32,33,34,35,36). The molecular weight excluding hydrogens is 600 g/mol. The number of benzene rings is 2. The monoisotopic (exact) mass is 619 g/mol. The lowest BCUT2D eigenvalue weighted by Crippen LogP contribution is -2.42. The van der Waals surface area contributed by atoms with Gasteiger partial charge in [0.1, 0.15) is 5.02 Å². The van der Waals surface area contributed by atoms with Gasteiger partial charge in [0, 0.05) is 36.4 Å². The van der Waals surface area contributed by atoms with E-state index in [-0.39, 0.29) is 47.3 Å². The van der Waals surface area contributed by atoms with E-state index in [0.29, 0.717) is 12.8 Å². The van der Waals surface area contributed by atoms with Crippen molar-refractivity contribution in [3.05, 3.63) is 68.7 Å². The van der Waals surface area contributed by atoms with Crippen LogP contribution in [0.25, 0.3) is 0 Å². The topological polar surface area (TPSA) is 135 Å². The molecule has 0 radical (unpaired) electrons. The molecule has 3 aromatic rings. The Morgan fingerprint density at radius 2 is 1.74 bits per heavy atom. The molecule has 2 N–H and O–H groups in total. The number of alkyl halides is 6. The van der Waals surface area contributed by atoms with Crippen molar-refractivity contribution in [2.45, 2.75) is 31.2 Å². The van der Waals surface area contributed by atoms with E-state index in [1.54, 1.807) is 0 Å². The number of nitro groups is 1. The van der Waals surface area contributed by atoms with Crippen molar-refractivity contribution >= 4 is 40.8 Å². The minimum atomic E-state index is -4.71. The number of hydrogen-bond acceptors (Lipinski definition) is 9. The van der Waals surface area contributed by atoms with E-state index in [4.69, 9.17) is 11.6 Å². The lowest BCUT2D eigenvalue weighted by molar-refractivity contribution is -0.384. The van der Waals surface area contributed by atoms with E-state index in [1.165, 1.54) is 23.1 Å². The highest BCUT2D eigenvalue weighted by atomic mass is 35.5. The fourth-order valence-electron chi connectivity index (χ4n) is 3.97. The zero-order valence-corrected chi connectivity index (χ0v) is 21.9. The number of aromatic nitrogens is 3. The molecule has 18 heteroatoms. The van der Waals surface area contributed by atoms with Crippen LogP contribution < -0.4 is 15.4 Å². The molecular formula is C24H20ClF6N7O4. The van der Waals surface area contributed by atoms with Crippen molar-refractivity contribution in [2.75, 3.05) is 30.3 Å². The summed E-state index contributed by atoms with van der Waals surface area (Å²) in [5.41, 5.74) is -1.39. The average molecular weight is 620 g/mol. The highest BCUT2D eigenvalue weighted by molar-refractivity contribution is 6.32. The molecule has 224 valence electrons. The number of likely N-dealkylation sites (tertiary alicyclic amines) is 1. The second kappa shape index (κ2) is 12.2. The van der Waals surface area contributed by atoms with Gasteiger partial charge in [-0.15, -0.1) is 0 Å². The second-order valence-corrected chi connectivity index (χ2v) is 9.41. The molecule has 11 nitrogen and oxygen atoms in total. The third-order valence-corrected chi connectivity index (χ3v) is 6.25. The molecule has 1 saturated heterocycles. The predicted molar refractivity (Wildman–Crippen MR) is 137 cm³/mol. The zero-order valence-electron chi connectivity index (χ0n) is 21.2. The van der Waals surface area contributed by atoms with Crippen molar-refractivity contribution in [2.24, 2.45) is 0 Å². The number of nitro benzene ring substituents is 1. The van der Waals surface area contributed by atoms with Crippen LogP contribution in [0, 0.1) is 10.1 Å². The summed E-state index contributed by atoms with van der Waals surface area (Å²) in [5.74, 6) is -1.04. The summed E-state index contributed by atoms with van der Waals surface area (Å²) in [6.07, 6.45) is -8.67. The summed E-state index contributed by atoms with van der Waals surface area (Å²) in [4.78, 5) is 36.4. The number of piperidine rings is 1. The minimum absolute atomic E-state index is 0.0757. The number of rotatable bonds is 8. The normalized spacial score (nSPS) is 14.4. The number of hydrogen-bond donors (Lipinski definition) is 2. The molecule has 4 rings (SSSR count). The third kappa shape index (κ3) is 8.08. The second-order valence-electron chi connectivity index (χ2n) is 9.01. The van der Waals surface area contributed by atoms with Gasteiger partial charge >= 0.3 is 18.4 Å². The van der Waals surface area contributed by atoms with Crippen molar-refractivity contribution in [3.63, 3.8) is 0 Å². The largest absolute Gasteiger partial charge is 0.454 e. The molecule has 1 aliphatic rings. The van der Waals surface area contributed by atoms with E-state index in [1.807, 2.05) is 0 Å². The van der Waals surface area contributed by atoms with Gasteiger partial charge in [-0.1, -0.05) is 17.7 Å². The molecule has 0 spiro atoms. The number of carbonyl (C=O) groups is 1. The van der Waals surface area contributed by atoms with Crippen LogP contribution in [0.15, 0.2) is 42.5 Å². The van der Waals surface area contributed by atoms with Gasteiger partial charge in [-0.25, -0.2) is 0 Å². The van der Waals surface area contributed by atoms with Gasteiger partial charge in [-0.05, 0) is 43.2 Å². The summed E-state index contributed by atoms with van der Waals surface area (Å²) in [7, 11) is 0. The van der Waals surface area contributed by atoms with Crippen molar-refractivity contribution in [1.29, 1.82) is 0 Å². The predicted octanol–water partition coefficient (Wildman–Crippen LogP) is 5.85. The smallest absolute Gasteiger partial charge is 0.422 e. The molecule has 0 bridgehead atoms. The Morgan fingerprint density at radius 3 is 2.38 bits per heavy atom. The zero-order chi connectivity index (χ0) is 30.7. The Labute approximate surface area is 238 Å². The number of anilines is 3. The highest BCUT2D eigenvalue weighted by Gasteiger charge is 2.31. The summed E-state index contributed by atoms with van der Waals surface area (Å²) in [6, 6.07) is 6.64. The molecule has 0 unspecified atom stereocenters. The van der Waals surface area contributed by atoms with Gasteiger partial charge in [-0.2, -0.15) is 41.3 Å². The molecule has 2 aromatic carbocycles. The Morgan fingerprint density at radius 1 is 1.05 bits per heavy atom. The van der Waals surface area contributed by atoms with Gasteiger partial charge in [0.2, 0.25) is 11.9 Å². The quantitative estimate of drug-likeness (QED) is 0.181. The van der Waals surface area contributed by atoms with E-state index in [9.17, 15) is 41.3 Å². The van der Waals surface area contributed by atoms with Gasteiger partial charge < -0.3 is 20.3 Å². The van der Waals surface area contributed by atoms with Gasteiger partial charge in [0.05, 0.1) is 10.5 Å². The first-order valence-electron chi connectivity index (χ1n) is 12.1. The summed E-state index contributed by atoms with van der Waals surface area (Å²) in [5, 5.41) is 16.5. The van der Waals surface area contributed by atoms with Crippen LogP contribution in [-0.4, -0.2) is 62.6 Å². The molecule has 0 atom stereocenters. The molecule has 0 aliphatic carbocycles. The summed E-state index contributed by atoms with van der Waals surface area (Å²) in [6.45, 7) is -1.29. The Kier molecular flexibility index (Phi) is 8.89. The maximum absolute atomic E-state index is 13.1. The lowest BCUT2D eigenvalue weighted by Gasteiger charge is -2.32. The van der Waals surface area contributed by atoms with Crippen molar-refractivity contribution in [3.8, 4) is 6.01 Å². The van der Waals surface area contributed by atoms with Crippen LogP contribution in [0.4, 0.5) is 49.6 Å². The number of nitrogens with zero attached hydrogens (tertiary/aromatic N) is 5. The van der Waals surface area contributed by atoms with Crippen molar-refractivity contribution in [1.82, 2.24) is 19.9 Å². The number of nitrogens with one attached hydrogen (secondary N) is 2. The lowest BCUT2D eigenvalue weighted by atomic mass is 10.0. The Balaban J connectivity index is 1.47. The molecule has 42 heavy (non-hydrogen) atoms. The van der Waals surface area contributed by atoms with Crippen LogP contribution in [0.3, 0.4) is 0 Å². The maximum Gasteiger partial charge on any atom is 0.422 e. The van der Waals surface area contributed by atoms with Gasteiger partial charge in [0.15, 0.2) is 6.61 Å². The number of amides is 1. The molecule has 1 fully saturated rings. The van der Waals surface area contributed by atoms with Gasteiger partial charge in [0.25, 0.3) is 11.6 Å². The number of ether oxygens (including phenoxy) is 1. The van der Waals surface area contributed by atoms with E-state index >= 15 is 0 Å². The first kappa shape index (κ1) is 30.5. The SMILES string of the molecule is O=C(c1ccc(Cl)c([N+](=O)[O-])c1)N1CCC(Nc2nc(Nc3cccc(C(F)(F)F)c3)nc(OCC(F)(F)F)n2)CC1. The Bertz CT molecular complexity index is 1470. The fourth-order valence-corrected chi connectivity index (χ4v) is 4.15. The summed E-state index contributed by atoms with van der Waals surface area (Å²) < 4.78 is 82.0. The van der Waals surface area contributed by atoms with Crippen LogP contribution in [-0.2, 0) is 6.18 Å². The van der Waals surface area contributed by atoms with Gasteiger partial charge in [-0.3, -0.25) is 14.9 Å². The third-order valence-electron chi connectivity index (χ3n) is 5.93.